The normalized spacial score (nSPS) is 11.2. The van der Waals surface area contributed by atoms with Gasteiger partial charge in [0.25, 0.3) is 0 Å². The minimum atomic E-state index is -1.65. The fraction of sp³-hybridized carbons (Fsp3) is 0.136. The van der Waals surface area contributed by atoms with Crippen LogP contribution in [0.2, 0.25) is 0 Å². The summed E-state index contributed by atoms with van der Waals surface area (Å²) in [6.07, 6.45) is 3.26. The quantitative estimate of drug-likeness (QED) is 0.337. The van der Waals surface area contributed by atoms with Crippen LogP contribution >= 0.6 is 19.5 Å². The van der Waals surface area contributed by atoms with Gasteiger partial charge in [0.05, 0.1) is 6.16 Å². The second kappa shape index (κ2) is 8.33. The molecular weight excluding hydrogens is 327 g/mol. The van der Waals surface area contributed by atoms with Crippen molar-refractivity contribution in [2.45, 2.75) is 12.8 Å². The lowest BCUT2D eigenvalue weighted by Crippen LogP contribution is -2.33. The largest absolute Gasteiger partial charge is 0.112 e. The van der Waals surface area contributed by atoms with Crippen LogP contribution < -0.4 is 15.9 Å². The molecule has 0 nitrogen and oxygen atoms in total. The molecule has 0 aliphatic rings. The van der Waals surface area contributed by atoms with Gasteiger partial charge in [-0.25, -0.2) is 0 Å². The molecule has 2 heteroatoms. The van der Waals surface area contributed by atoms with Crippen molar-refractivity contribution in [3.05, 3.63) is 91.0 Å². The summed E-state index contributed by atoms with van der Waals surface area (Å²) in [6.45, 7) is 0. The maximum absolute atomic E-state index is 5.08. The van der Waals surface area contributed by atoms with E-state index in [0.29, 0.717) is 0 Å². The zero-order chi connectivity index (χ0) is 16.7. The monoisotopic (exact) mass is 349 g/mol. The zero-order valence-corrected chi connectivity index (χ0v) is 15.4. The van der Waals surface area contributed by atoms with E-state index in [9.17, 15) is 0 Å². The van der Waals surface area contributed by atoms with Crippen molar-refractivity contribution in [2.75, 3.05) is 6.16 Å². The van der Waals surface area contributed by atoms with Crippen molar-refractivity contribution in [3.8, 4) is 0 Å². The molecule has 120 valence electrons. The van der Waals surface area contributed by atoms with E-state index in [2.05, 4.69) is 91.0 Å². The van der Waals surface area contributed by atoms with Crippen LogP contribution in [0.1, 0.15) is 12.8 Å². The maximum Gasteiger partial charge on any atom is 0.112 e. The van der Waals surface area contributed by atoms with Gasteiger partial charge in [-0.15, -0.1) is 0 Å². The Morgan fingerprint density at radius 1 is 0.625 bits per heavy atom. The van der Waals surface area contributed by atoms with Crippen LogP contribution in [0.4, 0.5) is 0 Å². The number of hydrogen-bond acceptors (Lipinski definition) is 1. The lowest BCUT2D eigenvalue weighted by molar-refractivity contribution is 1.02. The van der Waals surface area contributed by atoms with Gasteiger partial charge < -0.3 is 0 Å². The number of unbranched alkanes of at least 4 members (excludes halogenated alkanes) is 1. The molecule has 0 aliphatic carbocycles. The van der Waals surface area contributed by atoms with Crippen LogP contribution in [0.15, 0.2) is 91.0 Å². The topological polar surface area (TPSA) is 0 Å². The average Bonchev–Trinajstić information content (AvgIpc) is 2.68. The van der Waals surface area contributed by atoms with E-state index >= 15 is 0 Å². The summed E-state index contributed by atoms with van der Waals surface area (Å²) in [5, 5.41) is 6.22. The summed E-state index contributed by atoms with van der Waals surface area (Å²) in [7, 11) is -1.65. The number of benzene rings is 3. The van der Waals surface area contributed by atoms with Crippen molar-refractivity contribution in [1.29, 1.82) is 0 Å². The Bertz CT molecular complexity index is 657. The van der Waals surface area contributed by atoms with Gasteiger partial charge in [0.15, 0.2) is 0 Å². The fourth-order valence-corrected chi connectivity index (χ4v) is 7.83. The Labute approximate surface area is 150 Å². The van der Waals surface area contributed by atoms with Crippen LogP contribution in [0.5, 0.6) is 0 Å². The van der Waals surface area contributed by atoms with Gasteiger partial charge >= 0.3 is 0 Å². The van der Waals surface area contributed by atoms with Gasteiger partial charge in [-0.2, -0.15) is 0 Å². The van der Waals surface area contributed by atoms with Crippen LogP contribution in [0.25, 0.3) is 0 Å². The molecule has 0 radical (unpaired) electrons. The highest BCUT2D eigenvalue weighted by Crippen LogP contribution is 2.55. The first kappa shape index (κ1) is 17.0. The average molecular weight is 349 g/mol. The molecule has 24 heavy (non-hydrogen) atoms. The Hall–Kier alpha value is -1.82. The molecule has 3 aromatic carbocycles. The maximum atomic E-state index is 5.08. The Morgan fingerprint density at radius 3 is 1.33 bits per heavy atom. The van der Waals surface area contributed by atoms with Crippen LogP contribution in [0.3, 0.4) is 0 Å². The molecule has 0 aromatic heterocycles. The second-order valence-electron chi connectivity index (χ2n) is 5.85. The van der Waals surface area contributed by atoms with Crippen LogP contribution in [-0.2, 0) is 0 Å². The van der Waals surface area contributed by atoms with E-state index in [-0.39, 0.29) is 0 Å². The summed E-state index contributed by atoms with van der Waals surface area (Å²) >= 11 is 5.08. The van der Waals surface area contributed by atoms with Gasteiger partial charge in [-0.3, -0.25) is 0 Å². The summed E-state index contributed by atoms with van der Waals surface area (Å²) in [4.78, 5) is 0. The predicted octanol–water partition coefficient (Wildman–Crippen LogP) is 4.76. The first-order valence-corrected chi connectivity index (χ1v) is 10.8. The third kappa shape index (κ3) is 3.48. The van der Waals surface area contributed by atoms with Gasteiger partial charge in [0, 0.05) is 0 Å². The predicted molar refractivity (Wildman–Crippen MR) is 113 cm³/mol. The molecule has 3 aromatic rings. The summed E-state index contributed by atoms with van der Waals surface area (Å²) in [5.41, 5.74) is 0. The van der Waals surface area contributed by atoms with E-state index in [4.69, 9.17) is 12.2 Å². The highest BCUT2D eigenvalue weighted by molar-refractivity contribution is 7.95. The van der Waals surface area contributed by atoms with E-state index in [1.54, 1.807) is 0 Å². The summed E-state index contributed by atoms with van der Waals surface area (Å²) in [5.74, 6) is 0. The molecule has 3 rings (SSSR count). The third-order valence-electron chi connectivity index (χ3n) is 4.41. The zero-order valence-electron chi connectivity index (χ0n) is 13.7. The van der Waals surface area contributed by atoms with Crippen LogP contribution in [-0.4, -0.2) is 11.5 Å². The van der Waals surface area contributed by atoms with Gasteiger partial charge in [0.1, 0.15) is 23.2 Å². The molecule has 0 fully saturated rings. The molecular formula is C22H22PS+. The Morgan fingerprint density at radius 2 is 1.00 bits per heavy atom. The molecule has 0 heterocycles. The molecule has 0 atom stereocenters. The highest BCUT2D eigenvalue weighted by atomic mass is 32.1. The van der Waals surface area contributed by atoms with Gasteiger partial charge in [0.2, 0.25) is 0 Å². The van der Waals surface area contributed by atoms with Crippen molar-refractivity contribution in [2.24, 2.45) is 0 Å². The molecule has 0 unspecified atom stereocenters. The molecule has 0 N–H and O–H groups in total. The lowest BCUT2D eigenvalue weighted by atomic mass is 10.3. The van der Waals surface area contributed by atoms with E-state index in [0.717, 1.165) is 19.0 Å². The first-order chi connectivity index (χ1) is 11.9. The number of hydrogen-bond donors (Lipinski definition) is 0. The molecule has 0 saturated carbocycles. The molecule has 0 spiro atoms. The van der Waals surface area contributed by atoms with Crippen LogP contribution in [0, 0.1) is 0 Å². The third-order valence-corrected chi connectivity index (χ3v) is 9.17. The Kier molecular flexibility index (Phi) is 5.91. The van der Waals surface area contributed by atoms with Crippen molar-refractivity contribution in [1.82, 2.24) is 0 Å². The second-order valence-corrected chi connectivity index (χ2v) is 9.80. The lowest BCUT2D eigenvalue weighted by Gasteiger charge is -2.27. The standard InChI is InChI=1S/C22H22PS/c24-19-11-10-18-23(20-12-4-1-5-13-20,21-14-6-2-7-15-21)22-16-8-3-9-17-22/h1-9,12-17,19H,10-11,18H2/q+1. The van der Waals surface area contributed by atoms with Crippen molar-refractivity contribution < 1.29 is 0 Å². The first-order valence-electron chi connectivity index (χ1n) is 8.36. The fourth-order valence-electron chi connectivity index (χ4n) is 3.29. The van der Waals surface area contributed by atoms with E-state index < -0.39 is 7.26 Å². The number of rotatable bonds is 7. The van der Waals surface area contributed by atoms with E-state index in [1.165, 1.54) is 15.9 Å². The molecule has 0 aliphatic heterocycles. The molecule has 0 saturated heterocycles. The van der Waals surface area contributed by atoms with Gasteiger partial charge in [-0.05, 0) is 54.6 Å². The van der Waals surface area contributed by atoms with Crippen molar-refractivity contribution in [3.63, 3.8) is 0 Å². The highest BCUT2D eigenvalue weighted by Gasteiger charge is 2.44. The summed E-state index contributed by atoms with van der Waals surface area (Å²) in [6, 6.07) is 33.1. The molecule has 0 bridgehead atoms. The minimum absolute atomic E-state index is 0.990. The van der Waals surface area contributed by atoms with Gasteiger partial charge in [-0.1, -0.05) is 66.8 Å². The molecule has 0 amide bonds. The minimum Gasteiger partial charge on any atom is -0.0935 e. The number of thiocarbonyl (C=S) groups is 1. The SMILES string of the molecule is S=CCCC[P+](c1ccccc1)(c1ccccc1)c1ccccc1. The van der Waals surface area contributed by atoms with E-state index in [1.807, 2.05) is 5.37 Å². The summed E-state index contributed by atoms with van der Waals surface area (Å²) < 4.78 is 0. The van der Waals surface area contributed by atoms with Crippen molar-refractivity contribution >= 4 is 40.8 Å². The Balaban J connectivity index is 2.22. The smallest absolute Gasteiger partial charge is 0.0935 e.